The van der Waals surface area contributed by atoms with Crippen molar-refractivity contribution >= 4 is 33.8 Å². The van der Waals surface area contributed by atoms with Crippen LogP contribution in [0.15, 0.2) is 26.0 Å². The first-order valence-electron chi connectivity index (χ1n) is 9.70. The summed E-state index contributed by atoms with van der Waals surface area (Å²) in [6.07, 6.45) is 3.28. The van der Waals surface area contributed by atoms with Crippen LogP contribution in [0.3, 0.4) is 0 Å². The summed E-state index contributed by atoms with van der Waals surface area (Å²) >= 11 is 0. The Morgan fingerprint density at radius 3 is 2.52 bits per heavy atom. The number of nitrogens with one attached hydrogen (secondary N) is 1. The van der Waals surface area contributed by atoms with E-state index in [4.69, 9.17) is 8.83 Å². The lowest BCUT2D eigenvalue weighted by molar-refractivity contribution is -0.142. The molecule has 0 saturated carbocycles. The fourth-order valence-electron chi connectivity index (χ4n) is 3.59. The van der Waals surface area contributed by atoms with Crippen LogP contribution in [0.25, 0.3) is 21.9 Å². The van der Waals surface area contributed by atoms with Gasteiger partial charge in [-0.2, -0.15) is 0 Å². The van der Waals surface area contributed by atoms with Crippen molar-refractivity contribution in [3.63, 3.8) is 0 Å². The van der Waals surface area contributed by atoms with Crippen LogP contribution in [-0.2, 0) is 16.0 Å². The van der Waals surface area contributed by atoms with E-state index in [0.717, 1.165) is 28.3 Å². The summed E-state index contributed by atoms with van der Waals surface area (Å²) in [6, 6.07) is 0.933. The molecule has 3 aromatic rings. The lowest BCUT2D eigenvalue weighted by Crippen LogP contribution is -2.42. The molecule has 1 amide bonds. The SMILES string of the molecule is CCCC[C@@H](NC(=O)Cc1c(C)c2cc3c(C)coc3c(C)c2oc1=O)C(=O)O. The minimum absolute atomic E-state index is 0.231. The molecule has 0 unspecified atom stereocenters. The molecule has 0 fully saturated rings. The lowest BCUT2D eigenvalue weighted by Gasteiger charge is -2.15. The van der Waals surface area contributed by atoms with Gasteiger partial charge >= 0.3 is 11.6 Å². The first kappa shape index (κ1) is 20.6. The van der Waals surface area contributed by atoms with E-state index in [1.165, 1.54) is 0 Å². The number of carbonyl (C=O) groups excluding carboxylic acids is 1. The van der Waals surface area contributed by atoms with Crippen molar-refractivity contribution in [2.75, 3.05) is 0 Å². The normalized spacial score (nSPS) is 12.4. The van der Waals surface area contributed by atoms with E-state index >= 15 is 0 Å². The number of benzene rings is 1. The van der Waals surface area contributed by atoms with Crippen LogP contribution < -0.4 is 10.9 Å². The van der Waals surface area contributed by atoms with Gasteiger partial charge in [-0.3, -0.25) is 4.79 Å². The lowest BCUT2D eigenvalue weighted by atomic mass is 9.99. The molecule has 7 nitrogen and oxygen atoms in total. The molecule has 0 bridgehead atoms. The number of carboxylic acids is 1. The summed E-state index contributed by atoms with van der Waals surface area (Å²) in [5.74, 6) is -1.59. The molecular weight excluding hydrogens is 374 g/mol. The average molecular weight is 399 g/mol. The zero-order chi connectivity index (χ0) is 21.3. The predicted octanol–water partition coefficient (Wildman–Crippen LogP) is 3.77. The van der Waals surface area contributed by atoms with Gasteiger partial charge in [-0.25, -0.2) is 9.59 Å². The molecule has 1 atom stereocenters. The summed E-state index contributed by atoms with van der Waals surface area (Å²) in [5.41, 5.74) is 3.08. The van der Waals surface area contributed by atoms with Gasteiger partial charge in [-0.15, -0.1) is 0 Å². The van der Waals surface area contributed by atoms with E-state index in [9.17, 15) is 19.5 Å². The standard InChI is InChI=1S/C22H25NO6/c1-5-6-7-17(21(25)26)23-18(24)9-16-12(3)15-8-14-11(2)10-28-19(14)13(4)20(15)29-22(16)27/h8,10,17H,5-7,9H2,1-4H3,(H,23,24)(H,25,26)/t17-/m1/s1. The maximum absolute atomic E-state index is 12.6. The minimum Gasteiger partial charge on any atom is -0.480 e. The van der Waals surface area contributed by atoms with Crippen molar-refractivity contribution in [1.29, 1.82) is 0 Å². The fourth-order valence-corrected chi connectivity index (χ4v) is 3.59. The third-order valence-corrected chi connectivity index (χ3v) is 5.35. The van der Waals surface area contributed by atoms with Gasteiger partial charge in [0.15, 0.2) is 0 Å². The number of rotatable bonds is 7. The highest BCUT2D eigenvalue weighted by atomic mass is 16.4. The zero-order valence-electron chi connectivity index (χ0n) is 17.0. The third-order valence-electron chi connectivity index (χ3n) is 5.35. The predicted molar refractivity (Wildman–Crippen MR) is 109 cm³/mol. The Balaban J connectivity index is 1.98. The van der Waals surface area contributed by atoms with Crippen LogP contribution in [0, 0.1) is 20.8 Å². The van der Waals surface area contributed by atoms with Crippen molar-refractivity contribution in [2.45, 2.75) is 59.4 Å². The highest BCUT2D eigenvalue weighted by Crippen LogP contribution is 2.32. The Morgan fingerprint density at radius 1 is 1.14 bits per heavy atom. The smallest absolute Gasteiger partial charge is 0.340 e. The fraction of sp³-hybridized carbons (Fsp3) is 0.409. The molecule has 2 heterocycles. The number of hydrogen-bond acceptors (Lipinski definition) is 5. The number of hydrogen-bond donors (Lipinski definition) is 2. The van der Waals surface area contributed by atoms with E-state index in [-0.39, 0.29) is 12.0 Å². The summed E-state index contributed by atoms with van der Waals surface area (Å²) in [7, 11) is 0. The first-order valence-corrected chi connectivity index (χ1v) is 9.70. The number of carboxylic acid groups (broad SMARTS) is 1. The molecule has 1 aromatic carbocycles. The first-order chi connectivity index (χ1) is 13.7. The van der Waals surface area contributed by atoms with Gasteiger partial charge < -0.3 is 19.3 Å². The number of carbonyl (C=O) groups is 2. The monoisotopic (exact) mass is 399 g/mol. The van der Waals surface area contributed by atoms with Crippen molar-refractivity contribution in [1.82, 2.24) is 5.32 Å². The summed E-state index contributed by atoms with van der Waals surface area (Å²) in [4.78, 5) is 36.4. The average Bonchev–Trinajstić information content (AvgIpc) is 3.04. The van der Waals surface area contributed by atoms with Gasteiger partial charge in [0.05, 0.1) is 18.2 Å². The Kier molecular flexibility index (Phi) is 5.77. The van der Waals surface area contributed by atoms with E-state index in [0.29, 0.717) is 29.6 Å². The number of aliphatic carboxylic acids is 1. The topological polar surface area (TPSA) is 110 Å². The van der Waals surface area contributed by atoms with Gasteiger partial charge in [0.25, 0.3) is 0 Å². The van der Waals surface area contributed by atoms with Crippen molar-refractivity contribution in [2.24, 2.45) is 0 Å². The molecule has 2 N–H and O–H groups in total. The molecule has 154 valence electrons. The molecular formula is C22H25NO6. The van der Waals surface area contributed by atoms with Gasteiger partial charge in [0.1, 0.15) is 17.2 Å². The maximum atomic E-state index is 12.6. The largest absolute Gasteiger partial charge is 0.480 e. The molecule has 3 rings (SSSR count). The molecule has 2 aromatic heterocycles. The summed E-state index contributed by atoms with van der Waals surface area (Å²) in [6.45, 7) is 7.48. The van der Waals surface area contributed by atoms with Gasteiger partial charge in [-0.05, 0) is 44.4 Å². The Labute approximate surface area is 167 Å². The van der Waals surface area contributed by atoms with Gasteiger partial charge in [-0.1, -0.05) is 19.8 Å². The van der Waals surface area contributed by atoms with Crippen LogP contribution in [0.4, 0.5) is 0 Å². The maximum Gasteiger partial charge on any atom is 0.340 e. The molecule has 0 saturated heterocycles. The number of aryl methyl sites for hydroxylation is 3. The number of furan rings is 1. The number of fused-ring (bicyclic) bond motifs is 2. The van der Waals surface area contributed by atoms with Crippen LogP contribution in [0.1, 0.15) is 48.4 Å². The van der Waals surface area contributed by atoms with Gasteiger partial charge in [0, 0.05) is 16.3 Å². The Bertz CT molecular complexity index is 1150. The summed E-state index contributed by atoms with van der Waals surface area (Å²) in [5, 5.41) is 13.5. The van der Waals surface area contributed by atoms with Crippen molar-refractivity contribution in [3.05, 3.63) is 45.0 Å². The van der Waals surface area contributed by atoms with Crippen molar-refractivity contribution in [3.8, 4) is 0 Å². The van der Waals surface area contributed by atoms with Crippen LogP contribution in [0.5, 0.6) is 0 Å². The molecule has 7 heteroatoms. The molecule has 0 aliphatic carbocycles. The van der Waals surface area contributed by atoms with Gasteiger partial charge in [0.2, 0.25) is 5.91 Å². The van der Waals surface area contributed by atoms with E-state index in [1.807, 2.05) is 26.8 Å². The second kappa shape index (κ2) is 8.11. The summed E-state index contributed by atoms with van der Waals surface area (Å²) < 4.78 is 11.1. The molecule has 0 aliphatic heterocycles. The molecule has 29 heavy (non-hydrogen) atoms. The highest BCUT2D eigenvalue weighted by Gasteiger charge is 2.22. The van der Waals surface area contributed by atoms with Crippen LogP contribution in [-0.4, -0.2) is 23.0 Å². The molecule has 0 radical (unpaired) electrons. The highest BCUT2D eigenvalue weighted by molar-refractivity contribution is 6.00. The number of amides is 1. The third kappa shape index (κ3) is 3.90. The van der Waals surface area contributed by atoms with Crippen LogP contribution >= 0.6 is 0 Å². The Hall–Kier alpha value is -3.09. The minimum atomic E-state index is -1.08. The van der Waals surface area contributed by atoms with E-state index < -0.39 is 23.5 Å². The zero-order valence-corrected chi connectivity index (χ0v) is 17.0. The molecule has 0 spiro atoms. The Morgan fingerprint density at radius 2 is 1.86 bits per heavy atom. The van der Waals surface area contributed by atoms with E-state index in [1.54, 1.807) is 13.2 Å². The van der Waals surface area contributed by atoms with Crippen molar-refractivity contribution < 1.29 is 23.5 Å². The number of unbranched alkanes of at least 4 members (excludes halogenated alkanes) is 1. The second-order valence-electron chi connectivity index (χ2n) is 7.44. The molecule has 0 aliphatic rings. The van der Waals surface area contributed by atoms with E-state index in [2.05, 4.69) is 5.32 Å². The van der Waals surface area contributed by atoms with Crippen LogP contribution in [0.2, 0.25) is 0 Å². The quantitative estimate of drug-likeness (QED) is 0.585. The second-order valence-corrected chi connectivity index (χ2v) is 7.44.